The first-order chi connectivity index (χ1) is 12.9. The maximum atomic E-state index is 12.5. The van der Waals surface area contributed by atoms with E-state index in [1.165, 1.54) is 0 Å². The minimum absolute atomic E-state index is 0.0783. The van der Waals surface area contributed by atoms with Gasteiger partial charge >= 0.3 is 12.0 Å². The second kappa shape index (κ2) is 9.62. The first kappa shape index (κ1) is 20.3. The Bertz CT molecular complexity index is 775. The van der Waals surface area contributed by atoms with Gasteiger partial charge in [0.15, 0.2) is 0 Å². The van der Waals surface area contributed by atoms with E-state index in [2.05, 4.69) is 10.6 Å². The second-order valence-corrected chi connectivity index (χ2v) is 6.61. The van der Waals surface area contributed by atoms with Crippen molar-refractivity contribution in [1.29, 1.82) is 0 Å². The monoisotopic (exact) mass is 370 g/mol. The Balaban J connectivity index is 1.98. The van der Waals surface area contributed by atoms with Crippen molar-refractivity contribution >= 4 is 17.7 Å². The number of methoxy groups -OCH3 is 1. The lowest BCUT2D eigenvalue weighted by Gasteiger charge is -2.21. The summed E-state index contributed by atoms with van der Waals surface area (Å²) in [6.45, 7) is 5.73. The smallest absolute Gasteiger partial charge is 0.329 e. The molecule has 0 aliphatic heterocycles. The predicted octanol–water partition coefficient (Wildman–Crippen LogP) is 3.89. The summed E-state index contributed by atoms with van der Waals surface area (Å²) in [5, 5.41) is 5.39. The molecular formula is C21H26N2O4. The number of carbonyl (C=O) groups is 2. The Morgan fingerprint density at radius 2 is 1.78 bits per heavy atom. The Labute approximate surface area is 159 Å². The number of ether oxygens (including phenoxy) is 2. The zero-order chi connectivity index (χ0) is 19.8. The van der Waals surface area contributed by atoms with Crippen LogP contribution in [0.15, 0.2) is 48.5 Å². The van der Waals surface area contributed by atoms with Crippen LogP contribution in [-0.2, 0) is 16.1 Å². The van der Waals surface area contributed by atoms with Gasteiger partial charge in [0.2, 0.25) is 0 Å². The molecule has 144 valence electrons. The fourth-order valence-corrected chi connectivity index (χ4v) is 2.59. The number of para-hydroxylation sites is 1. The summed E-state index contributed by atoms with van der Waals surface area (Å²) >= 11 is 0. The topological polar surface area (TPSA) is 76.7 Å². The first-order valence-electron chi connectivity index (χ1n) is 8.83. The number of urea groups is 1. The highest BCUT2D eigenvalue weighted by Gasteiger charge is 2.26. The van der Waals surface area contributed by atoms with Gasteiger partial charge in [0, 0.05) is 11.3 Å². The third-order valence-electron chi connectivity index (χ3n) is 4.04. The van der Waals surface area contributed by atoms with Crippen LogP contribution in [0.2, 0.25) is 0 Å². The molecule has 6 nitrogen and oxygen atoms in total. The van der Waals surface area contributed by atoms with Gasteiger partial charge in [-0.3, -0.25) is 0 Å². The van der Waals surface area contributed by atoms with Gasteiger partial charge in [-0.05, 0) is 37.1 Å². The molecule has 0 aliphatic carbocycles. The molecule has 0 radical (unpaired) electrons. The van der Waals surface area contributed by atoms with Crippen molar-refractivity contribution < 1.29 is 19.1 Å². The summed E-state index contributed by atoms with van der Waals surface area (Å²) in [6.07, 6.45) is 0. The maximum Gasteiger partial charge on any atom is 0.329 e. The van der Waals surface area contributed by atoms with Gasteiger partial charge in [-0.2, -0.15) is 0 Å². The van der Waals surface area contributed by atoms with E-state index in [1.807, 2.05) is 57.2 Å². The lowest BCUT2D eigenvalue weighted by Crippen LogP contribution is -2.47. The third kappa shape index (κ3) is 6.02. The van der Waals surface area contributed by atoms with Crippen LogP contribution in [0.5, 0.6) is 5.75 Å². The number of amides is 2. The Morgan fingerprint density at radius 1 is 1.07 bits per heavy atom. The van der Waals surface area contributed by atoms with Crippen molar-refractivity contribution in [2.45, 2.75) is 33.4 Å². The van der Waals surface area contributed by atoms with Gasteiger partial charge < -0.3 is 20.1 Å². The van der Waals surface area contributed by atoms with Crippen molar-refractivity contribution in [2.24, 2.45) is 5.92 Å². The molecule has 0 spiro atoms. The third-order valence-corrected chi connectivity index (χ3v) is 4.04. The minimum atomic E-state index is -0.760. The highest BCUT2D eigenvalue weighted by Crippen LogP contribution is 2.21. The Hall–Kier alpha value is -3.02. The van der Waals surface area contributed by atoms with Crippen LogP contribution >= 0.6 is 0 Å². The summed E-state index contributed by atoms with van der Waals surface area (Å²) in [7, 11) is 1.57. The molecule has 0 fully saturated rings. The number of hydrogen-bond acceptors (Lipinski definition) is 4. The quantitative estimate of drug-likeness (QED) is 0.725. The fraction of sp³-hybridized carbons (Fsp3) is 0.333. The van der Waals surface area contributed by atoms with Crippen LogP contribution in [-0.4, -0.2) is 25.2 Å². The highest BCUT2D eigenvalue weighted by atomic mass is 16.5. The van der Waals surface area contributed by atoms with E-state index in [-0.39, 0.29) is 12.5 Å². The van der Waals surface area contributed by atoms with Gasteiger partial charge in [-0.25, -0.2) is 9.59 Å². The molecular weight excluding hydrogens is 344 g/mol. The van der Waals surface area contributed by atoms with E-state index in [0.29, 0.717) is 11.4 Å². The molecule has 2 rings (SSSR count). The van der Waals surface area contributed by atoms with Crippen molar-refractivity contribution in [1.82, 2.24) is 5.32 Å². The normalized spacial score (nSPS) is 11.6. The number of hydrogen-bond donors (Lipinski definition) is 2. The number of rotatable bonds is 7. The van der Waals surface area contributed by atoms with Crippen LogP contribution in [0.3, 0.4) is 0 Å². The van der Waals surface area contributed by atoms with Crippen molar-refractivity contribution in [3.05, 3.63) is 59.7 Å². The average molecular weight is 370 g/mol. The molecule has 0 unspecified atom stereocenters. The summed E-state index contributed by atoms with van der Waals surface area (Å²) < 4.78 is 10.7. The summed E-state index contributed by atoms with van der Waals surface area (Å²) in [6, 6.07) is 13.5. The zero-order valence-corrected chi connectivity index (χ0v) is 16.1. The molecule has 6 heteroatoms. The summed E-state index contributed by atoms with van der Waals surface area (Å²) in [5.74, 6) is 0.0412. The Morgan fingerprint density at radius 3 is 2.41 bits per heavy atom. The molecule has 0 aromatic heterocycles. The number of esters is 1. The largest absolute Gasteiger partial charge is 0.496 e. The van der Waals surface area contributed by atoms with Crippen LogP contribution < -0.4 is 15.4 Å². The van der Waals surface area contributed by atoms with Gasteiger partial charge in [0.05, 0.1) is 7.11 Å². The van der Waals surface area contributed by atoms with Crippen molar-refractivity contribution in [3.63, 3.8) is 0 Å². The van der Waals surface area contributed by atoms with E-state index in [4.69, 9.17) is 9.47 Å². The molecule has 2 amide bonds. The molecule has 2 N–H and O–H groups in total. The van der Waals surface area contributed by atoms with Crippen molar-refractivity contribution in [2.75, 3.05) is 12.4 Å². The predicted molar refractivity (Wildman–Crippen MR) is 105 cm³/mol. The number of aryl methyl sites for hydroxylation is 1. The number of benzene rings is 2. The van der Waals surface area contributed by atoms with E-state index in [0.717, 1.165) is 11.1 Å². The lowest BCUT2D eigenvalue weighted by atomic mass is 10.0. The van der Waals surface area contributed by atoms with Gasteiger partial charge in [0.25, 0.3) is 0 Å². The molecule has 1 atom stereocenters. The molecule has 2 aromatic rings. The molecule has 0 saturated heterocycles. The molecule has 0 heterocycles. The van der Waals surface area contributed by atoms with Crippen molar-refractivity contribution in [3.8, 4) is 5.75 Å². The lowest BCUT2D eigenvalue weighted by molar-refractivity contribution is -0.148. The summed E-state index contributed by atoms with van der Waals surface area (Å²) in [5.41, 5.74) is 2.47. The fourth-order valence-electron chi connectivity index (χ4n) is 2.59. The van der Waals surface area contributed by atoms with E-state index in [9.17, 15) is 9.59 Å². The number of anilines is 1. The maximum absolute atomic E-state index is 12.5. The second-order valence-electron chi connectivity index (χ2n) is 6.61. The van der Waals surface area contributed by atoms with Crippen LogP contribution in [0.4, 0.5) is 10.5 Å². The Kier molecular flexibility index (Phi) is 7.23. The van der Waals surface area contributed by atoms with E-state index < -0.39 is 18.0 Å². The standard InChI is InChI=1S/C21H26N2O4/c1-14(2)19(23-21(25)22-17-8-6-5-7-9-17)20(24)27-13-16-12-15(3)10-11-18(16)26-4/h5-12,14,19H,13H2,1-4H3,(H2,22,23,25)/t19-/m1/s1. The molecule has 0 bridgehead atoms. The van der Waals surface area contributed by atoms with E-state index >= 15 is 0 Å². The van der Waals surface area contributed by atoms with E-state index in [1.54, 1.807) is 19.2 Å². The zero-order valence-electron chi connectivity index (χ0n) is 16.1. The molecule has 27 heavy (non-hydrogen) atoms. The molecule has 0 saturated carbocycles. The van der Waals surface area contributed by atoms with Gasteiger partial charge in [0.1, 0.15) is 18.4 Å². The highest BCUT2D eigenvalue weighted by molar-refractivity contribution is 5.92. The average Bonchev–Trinajstić information content (AvgIpc) is 2.65. The van der Waals surface area contributed by atoms with Gasteiger partial charge in [-0.15, -0.1) is 0 Å². The number of carbonyl (C=O) groups excluding carboxylic acids is 2. The van der Waals surface area contributed by atoms with Crippen LogP contribution in [0, 0.1) is 12.8 Å². The van der Waals surface area contributed by atoms with Crippen LogP contribution in [0.1, 0.15) is 25.0 Å². The van der Waals surface area contributed by atoms with Crippen LogP contribution in [0.25, 0.3) is 0 Å². The SMILES string of the molecule is COc1ccc(C)cc1COC(=O)[C@H](NC(=O)Nc1ccccc1)C(C)C. The minimum Gasteiger partial charge on any atom is -0.496 e. The van der Waals surface area contributed by atoms with Gasteiger partial charge in [-0.1, -0.05) is 43.7 Å². The molecule has 2 aromatic carbocycles. The summed E-state index contributed by atoms with van der Waals surface area (Å²) in [4.78, 5) is 24.7. The molecule has 0 aliphatic rings. The number of nitrogens with one attached hydrogen (secondary N) is 2. The first-order valence-corrected chi connectivity index (χ1v) is 8.83.